The molecule has 1 aromatic heterocycles. The van der Waals surface area contributed by atoms with Crippen LogP contribution >= 0.6 is 0 Å². The van der Waals surface area contributed by atoms with E-state index in [2.05, 4.69) is 5.32 Å². The summed E-state index contributed by atoms with van der Waals surface area (Å²) in [7, 11) is 0. The first-order chi connectivity index (χ1) is 9.69. The van der Waals surface area contributed by atoms with Crippen molar-refractivity contribution < 1.29 is 14.0 Å². The van der Waals surface area contributed by atoms with Crippen LogP contribution in [0.3, 0.4) is 0 Å². The highest BCUT2D eigenvalue weighted by Crippen LogP contribution is 2.31. The maximum atomic E-state index is 12.3. The number of carbonyl (C=O) groups is 2. The van der Waals surface area contributed by atoms with Crippen LogP contribution in [-0.2, 0) is 16.0 Å². The first-order valence-electron chi connectivity index (χ1n) is 7.33. The van der Waals surface area contributed by atoms with Crippen molar-refractivity contribution in [1.29, 1.82) is 0 Å². The van der Waals surface area contributed by atoms with Crippen LogP contribution in [0.25, 0.3) is 0 Å². The third-order valence-corrected chi connectivity index (χ3v) is 4.34. The Balaban J connectivity index is 1.65. The predicted molar refractivity (Wildman–Crippen MR) is 72.9 cm³/mol. The van der Waals surface area contributed by atoms with Crippen molar-refractivity contribution >= 4 is 11.8 Å². The van der Waals surface area contributed by atoms with Gasteiger partial charge >= 0.3 is 0 Å². The summed E-state index contributed by atoms with van der Waals surface area (Å²) in [6.07, 6.45) is 4.94. The van der Waals surface area contributed by atoms with E-state index in [1.165, 1.54) is 0 Å². The summed E-state index contributed by atoms with van der Waals surface area (Å²) < 4.78 is 5.43. The average Bonchev–Trinajstić information content (AvgIpc) is 3.05. The van der Waals surface area contributed by atoms with E-state index in [0.717, 1.165) is 30.6 Å². The molecule has 2 amide bonds. The van der Waals surface area contributed by atoms with Gasteiger partial charge in [-0.15, -0.1) is 0 Å². The number of nitrogens with zero attached hydrogens (tertiary/aromatic N) is 1. The van der Waals surface area contributed by atoms with E-state index in [0.29, 0.717) is 19.5 Å². The van der Waals surface area contributed by atoms with E-state index < -0.39 is 0 Å². The molecule has 5 nitrogen and oxygen atoms in total. The quantitative estimate of drug-likeness (QED) is 0.913. The molecule has 0 aromatic carbocycles. The third kappa shape index (κ3) is 2.32. The second-order valence-corrected chi connectivity index (χ2v) is 5.59. The summed E-state index contributed by atoms with van der Waals surface area (Å²) in [5.41, 5.74) is 1.10. The molecule has 1 aliphatic heterocycles. The van der Waals surface area contributed by atoms with Gasteiger partial charge in [0.1, 0.15) is 5.76 Å². The van der Waals surface area contributed by atoms with Crippen LogP contribution in [0, 0.1) is 5.92 Å². The second-order valence-electron chi connectivity index (χ2n) is 5.59. The molecule has 1 N–H and O–H groups in total. The molecular formula is C15H20N2O3. The van der Waals surface area contributed by atoms with Crippen LogP contribution in [0.2, 0.25) is 0 Å². The minimum atomic E-state index is -0.209. The molecule has 20 heavy (non-hydrogen) atoms. The molecule has 2 heterocycles. The molecule has 1 saturated heterocycles. The molecule has 0 radical (unpaired) electrons. The lowest BCUT2D eigenvalue weighted by Gasteiger charge is -2.24. The Labute approximate surface area is 118 Å². The summed E-state index contributed by atoms with van der Waals surface area (Å²) in [6, 6.07) is 1.98. The van der Waals surface area contributed by atoms with E-state index in [-0.39, 0.29) is 23.8 Å². The molecule has 2 aliphatic rings. The molecule has 108 valence electrons. The molecule has 2 atom stereocenters. The summed E-state index contributed by atoms with van der Waals surface area (Å²) >= 11 is 0. The zero-order valence-corrected chi connectivity index (χ0v) is 11.7. The monoisotopic (exact) mass is 276 g/mol. The molecule has 0 unspecified atom stereocenters. The zero-order chi connectivity index (χ0) is 14.1. The van der Waals surface area contributed by atoms with Gasteiger partial charge in [-0.2, -0.15) is 0 Å². The fraction of sp³-hybridized carbons (Fsp3) is 0.600. The molecule has 0 spiro atoms. The first kappa shape index (κ1) is 13.2. The van der Waals surface area contributed by atoms with Crippen LogP contribution in [0.4, 0.5) is 0 Å². The number of nitrogens with one attached hydrogen (secondary N) is 1. The van der Waals surface area contributed by atoms with Crippen molar-refractivity contribution in [2.75, 3.05) is 13.1 Å². The SMILES string of the molecule is CCN1C[C@H](C(=O)N[C@@H]2CCCc3occc32)CC1=O. The Morgan fingerprint density at radius 1 is 1.55 bits per heavy atom. The van der Waals surface area contributed by atoms with E-state index in [1.807, 2.05) is 13.0 Å². The minimum absolute atomic E-state index is 0.00616. The lowest BCUT2D eigenvalue weighted by atomic mass is 9.93. The van der Waals surface area contributed by atoms with Crippen LogP contribution in [0.1, 0.15) is 43.6 Å². The number of amides is 2. The van der Waals surface area contributed by atoms with E-state index in [1.54, 1.807) is 11.2 Å². The summed E-state index contributed by atoms with van der Waals surface area (Å²) in [4.78, 5) is 25.8. The van der Waals surface area contributed by atoms with E-state index in [9.17, 15) is 9.59 Å². The normalized spacial score (nSPS) is 25.6. The number of aryl methyl sites for hydroxylation is 1. The molecule has 5 heteroatoms. The maximum Gasteiger partial charge on any atom is 0.225 e. The van der Waals surface area contributed by atoms with Crippen LogP contribution in [0.5, 0.6) is 0 Å². The highest BCUT2D eigenvalue weighted by Gasteiger charge is 2.35. The van der Waals surface area contributed by atoms with E-state index in [4.69, 9.17) is 4.42 Å². The Kier molecular flexibility index (Phi) is 3.51. The lowest BCUT2D eigenvalue weighted by Crippen LogP contribution is -2.36. The third-order valence-electron chi connectivity index (χ3n) is 4.34. The number of hydrogen-bond acceptors (Lipinski definition) is 3. The Hall–Kier alpha value is -1.78. The van der Waals surface area contributed by atoms with Gasteiger partial charge in [0.15, 0.2) is 0 Å². The molecule has 1 aromatic rings. The Morgan fingerprint density at radius 2 is 2.40 bits per heavy atom. The number of likely N-dealkylation sites (tertiary alicyclic amines) is 1. The molecular weight excluding hydrogens is 256 g/mol. The number of hydrogen-bond donors (Lipinski definition) is 1. The van der Waals surface area contributed by atoms with Gasteiger partial charge < -0.3 is 14.6 Å². The number of carbonyl (C=O) groups excluding carboxylic acids is 2. The van der Waals surface area contributed by atoms with Gasteiger partial charge in [0, 0.05) is 31.5 Å². The van der Waals surface area contributed by atoms with Gasteiger partial charge in [-0.05, 0) is 25.8 Å². The standard InChI is InChI=1S/C15H20N2O3/c1-2-17-9-10(8-14(17)18)15(19)16-12-4-3-5-13-11(12)6-7-20-13/h6-7,10,12H,2-5,8-9H2,1H3,(H,16,19)/t10-,12-/m1/s1. The van der Waals surface area contributed by atoms with Crippen molar-refractivity contribution in [2.24, 2.45) is 5.92 Å². The van der Waals surface area contributed by atoms with Gasteiger partial charge in [-0.3, -0.25) is 9.59 Å². The molecule has 1 fully saturated rings. The highest BCUT2D eigenvalue weighted by atomic mass is 16.3. The lowest BCUT2D eigenvalue weighted by molar-refractivity contribution is -0.129. The van der Waals surface area contributed by atoms with Crippen molar-refractivity contribution in [3.05, 3.63) is 23.7 Å². The fourth-order valence-electron chi connectivity index (χ4n) is 3.18. The smallest absolute Gasteiger partial charge is 0.225 e. The number of furan rings is 1. The van der Waals surface area contributed by atoms with Gasteiger partial charge in [0.05, 0.1) is 18.2 Å². The minimum Gasteiger partial charge on any atom is -0.469 e. The molecule has 0 bridgehead atoms. The zero-order valence-electron chi connectivity index (χ0n) is 11.7. The summed E-state index contributed by atoms with van der Waals surface area (Å²) in [5.74, 6) is 0.854. The Morgan fingerprint density at radius 3 is 3.15 bits per heavy atom. The fourth-order valence-corrected chi connectivity index (χ4v) is 3.18. The van der Waals surface area contributed by atoms with Crippen molar-refractivity contribution in [2.45, 2.75) is 38.6 Å². The Bertz CT molecular complexity index is 523. The number of rotatable bonds is 3. The molecule has 3 rings (SSSR count). The summed E-state index contributed by atoms with van der Waals surface area (Å²) in [5, 5.41) is 3.09. The van der Waals surface area contributed by atoms with Crippen LogP contribution in [-0.4, -0.2) is 29.8 Å². The second kappa shape index (κ2) is 5.31. The summed E-state index contributed by atoms with van der Waals surface area (Å²) in [6.45, 7) is 3.17. The van der Waals surface area contributed by atoms with Gasteiger partial charge in [-0.25, -0.2) is 0 Å². The van der Waals surface area contributed by atoms with Crippen LogP contribution in [0.15, 0.2) is 16.7 Å². The van der Waals surface area contributed by atoms with E-state index >= 15 is 0 Å². The largest absolute Gasteiger partial charge is 0.469 e. The molecule has 1 aliphatic carbocycles. The first-order valence-corrected chi connectivity index (χ1v) is 7.33. The van der Waals surface area contributed by atoms with Gasteiger partial charge in [0.2, 0.25) is 11.8 Å². The predicted octanol–water partition coefficient (Wildman–Crippen LogP) is 1.64. The maximum absolute atomic E-state index is 12.3. The van der Waals surface area contributed by atoms with Crippen molar-refractivity contribution in [3.63, 3.8) is 0 Å². The molecule has 0 saturated carbocycles. The van der Waals surface area contributed by atoms with Gasteiger partial charge in [0.25, 0.3) is 0 Å². The van der Waals surface area contributed by atoms with Crippen molar-refractivity contribution in [1.82, 2.24) is 10.2 Å². The topological polar surface area (TPSA) is 62.6 Å². The van der Waals surface area contributed by atoms with Crippen LogP contribution < -0.4 is 5.32 Å². The highest BCUT2D eigenvalue weighted by molar-refractivity contribution is 5.89. The van der Waals surface area contributed by atoms with Crippen molar-refractivity contribution in [3.8, 4) is 0 Å². The average molecular weight is 276 g/mol. The van der Waals surface area contributed by atoms with Gasteiger partial charge in [-0.1, -0.05) is 0 Å². The number of fused-ring (bicyclic) bond motifs is 1.